The maximum absolute atomic E-state index is 12.9. The van der Waals surface area contributed by atoms with Crippen molar-refractivity contribution in [3.8, 4) is 0 Å². The summed E-state index contributed by atoms with van der Waals surface area (Å²) in [5.41, 5.74) is -1.69. The minimum Gasteiger partial charge on any atom is -0.268 e. The van der Waals surface area contributed by atoms with Crippen LogP contribution in [0.1, 0.15) is 5.56 Å². The highest BCUT2D eigenvalue weighted by Crippen LogP contribution is 2.33. The van der Waals surface area contributed by atoms with E-state index in [-0.39, 0.29) is 13.1 Å². The Balaban J connectivity index is 2.18. The van der Waals surface area contributed by atoms with Gasteiger partial charge in [0.15, 0.2) is 0 Å². The van der Waals surface area contributed by atoms with Crippen LogP contribution in [0, 0.1) is 0 Å². The number of nitrogens with zero attached hydrogens (tertiary/aromatic N) is 2. The summed E-state index contributed by atoms with van der Waals surface area (Å²) in [4.78, 5) is 10.5. The van der Waals surface area contributed by atoms with Crippen LogP contribution in [0.5, 0.6) is 0 Å². The van der Waals surface area contributed by atoms with Crippen molar-refractivity contribution in [2.75, 3.05) is 6.54 Å². The number of rotatable bonds is 5. The van der Waals surface area contributed by atoms with Gasteiger partial charge in [0.2, 0.25) is 10.0 Å². The Morgan fingerprint density at radius 3 is 2.48 bits per heavy atom. The first kappa shape index (κ1) is 17.2. The third-order valence-corrected chi connectivity index (χ3v) is 4.40. The predicted octanol–water partition coefficient (Wildman–Crippen LogP) is 1.24. The van der Waals surface area contributed by atoms with Crippen molar-refractivity contribution in [1.82, 2.24) is 14.5 Å². The van der Waals surface area contributed by atoms with E-state index < -0.39 is 32.2 Å². The average molecular weight is 347 g/mol. The standard InChI is InChI=1S/C13H12F3N3O3S/c14-13(15,16)10-4-1-2-5-11(10)23(21,22)18-8-9-19-12(20)6-3-7-17-19/h1-7,18H,8-9H2. The molecule has 1 heterocycles. The molecule has 1 aromatic heterocycles. The lowest BCUT2D eigenvalue weighted by molar-refractivity contribution is -0.139. The molecule has 1 aromatic carbocycles. The summed E-state index contributed by atoms with van der Waals surface area (Å²) in [6, 6.07) is 6.53. The van der Waals surface area contributed by atoms with Crippen molar-refractivity contribution in [2.45, 2.75) is 17.6 Å². The molecular formula is C13H12F3N3O3S. The Bertz CT molecular complexity index is 847. The Morgan fingerprint density at radius 1 is 1.13 bits per heavy atom. The van der Waals surface area contributed by atoms with E-state index in [1.807, 2.05) is 4.72 Å². The van der Waals surface area contributed by atoms with Gasteiger partial charge in [-0.1, -0.05) is 12.1 Å². The number of halogens is 3. The predicted molar refractivity (Wildman–Crippen MR) is 75.1 cm³/mol. The molecule has 1 N–H and O–H groups in total. The number of sulfonamides is 1. The molecule has 0 fully saturated rings. The highest BCUT2D eigenvalue weighted by Gasteiger charge is 2.36. The molecule has 124 valence electrons. The van der Waals surface area contributed by atoms with E-state index in [1.165, 1.54) is 24.4 Å². The minimum absolute atomic E-state index is 0.104. The van der Waals surface area contributed by atoms with Crippen molar-refractivity contribution in [2.24, 2.45) is 0 Å². The highest BCUT2D eigenvalue weighted by molar-refractivity contribution is 7.89. The number of aromatic nitrogens is 2. The average Bonchev–Trinajstić information content (AvgIpc) is 2.48. The second kappa shape index (κ2) is 6.50. The first-order chi connectivity index (χ1) is 10.7. The van der Waals surface area contributed by atoms with Crippen molar-refractivity contribution in [1.29, 1.82) is 0 Å². The zero-order chi connectivity index (χ0) is 17.1. The first-order valence-electron chi connectivity index (χ1n) is 6.40. The topological polar surface area (TPSA) is 81.1 Å². The van der Waals surface area contributed by atoms with Gasteiger partial charge < -0.3 is 0 Å². The molecule has 2 aromatic rings. The SMILES string of the molecule is O=c1cccnn1CCNS(=O)(=O)c1ccccc1C(F)(F)F. The number of alkyl halides is 3. The fourth-order valence-corrected chi connectivity index (χ4v) is 3.10. The monoisotopic (exact) mass is 347 g/mol. The van der Waals surface area contributed by atoms with E-state index in [4.69, 9.17) is 0 Å². The maximum atomic E-state index is 12.9. The van der Waals surface area contributed by atoms with Gasteiger partial charge in [0.1, 0.15) is 0 Å². The lowest BCUT2D eigenvalue weighted by Crippen LogP contribution is -2.32. The van der Waals surface area contributed by atoms with Gasteiger partial charge in [-0.15, -0.1) is 0 Å². The van der Waals surface area contributed by atoms with Gasteiger partial charge in [-0.25, -0.2) is 17.8 Å². The van der Waals surface area contributed by atoms with Crippen LogP contribution < -0.4 is 10.3 Å². The zero-order valence-corrected chi connectivity index (χ0v) is 12.4. The van der Waals surface area contributed by atoms with E-state index in [0.29, 0.717) is 6.07 Å². The molecule has 0 saturated heterocycles. The van der Waals surface area contributed by atoms with E-state index >= 15 is 0 Å². The Hall–Kier alpha value is -2.20. The largest absolute Gasteiger partial charge is 0.417 e. The quantitative estimate of drug-likeness (QED) is 0.882. The van der Waals surface area contributed by atoms with Gasteiger partial charge in [0.25, 0.3) is 5.56 Å². The summed E-state index contributed by atoms with van der Waals surface area (Å²) >= 11 is 0. The summed E-state index contributed by atoms with van der Waals surface area (Å²) in [5, 5.41) is 3.72. The fourth-order valence-electron chi connectivity index (χ4n) is 1.85. The molecule has 0 unspecified atom stereocenters. The minimum atomic E-state index is -4.79. The fraction of sp³-hybridized carbons (Fsp3) is 0.231. The van der Waals surface area contributed by atoms with Gasteiger partial charge in [0.05, 0.1) is 17.0 Å². The second-order valence-electron chi connectivity index (χ2n) is 4.48. The molecule has 2 rings (SSSR count). The van der Waals surface area contributed by atoms with Crippen LogP contribution in [0.2, 0.25) is 0 Å². The Labute approximate surface area is 129 Å². The summed E-state index contributed by atoms with van der Waals surface area (Å²) in [6.45, 7) is -0.376. The molecule has 0 atom stereocenters. The molecule has 10 heteroatoms. The van der Waals surface area contributed by atoms with Crippen LogP contribution in [0.25, 0.3) is 0 Å². The molecule has 0 aliphatic carbocycles. The summed E-state index contributed by atoms with van der Waals surface area (Å²) < 4.78 is 65.8. The lowest BCUT2D eigenvalue weighted by Gasteiger charge is -2.13. The van der Waals surface area contributed by atoms with E-state index in [2.05, 4.69) is 5.10 Å². The third-order valence-electron chi connectivity index (χ3n) is 2.88. The normalized spacial score (nSPS) is 12.3. The van der Waals surface area contributed by atoms with E-state index in [9.17, 15) is 26.4 Å². The van der Waals surface area contributed by atoms with Crippen LogP contribution in [-0.4, -0.2) is 24.7 Å². The molecular weight excluding hydrogens is 335 g/mol. The first-order valence-corrected chi connectivity index (χ1v) is 7.88. The van der Waals surface area contributed by atoms with Gasteiger partial charge in [0, 0.05) is 18.8 Å². The number of hydrogen-bond donors (Lipinski definition) is 1. The molecule has 0 radical (unpaired) electrons. The van der Waals surface area contributed by atoms with Gasteiger partial charge in [-0.05, 0) is 18.2 Å². The molecule has 0 aliphatic rings. The molecule has 6 nitrogen and oxygen atoms in total. The van der Waals surface area contributed by atoms with Gasteiger partial charge in [-0.3, -0.25) is 4.79 Å². The number of benzene rings is 1. The summed E-state index contributed by atoms with van der Waals surface area (Å²) in [5.74, 6) is 0. The molecule has 0 spiro atoms. The molecule has 0 bridgehead atoms. The smallest absolute Gasteiger partial charge is 0.268 e. The Morgan fingerprint density at radius 2 is 1.83 bits per heavy atom. The molecule has 23 heavy (non-hydrogen) atoms. The lowest BCUT2D eigenvalue weighted by atomic mass is 10.2. The van der Waals surface area contributed by atoms with Gasteiger partial charge in [-0.2, -0.15) is 18.3 Å². The molecule has 0 aliphatic heterocycles. The van der Waals surface area contributed by atoms with Crippen molar-refractivity contribution >= 4 is 10.0 Å². The zero-order valence-electron chi connectivity index (χ0n) is 11.6. The maximum Gasteiger partial charge on any atom is 0.417 e. The summed E-state index contributed by atoms with van der Waals surface area (Å²) in [7, 11) is -4.37. The van der Waals surface area contributed by atoms with Crippen molar-refractivity contribution in [3.05, 3.63) is 58.5 Å². The van der Waals surface area contributed by atoms with Crippen molar-refractivity contribution in [3.63, 3.8) is 0 Å². The van der Waals surface area contributed by atoms with Crippen LogP contribution in [0.3, 0.4) is 0 Å². The molecule has 0 amide bonds. The van der Waals surface area contributed by atoms with Crippen LogP contribution in [-0.2, 0) is 22.7 Å². The van der Waals surface area contributed by atoms with Crippen LogP contribution in [0.4, 0.5) is 13.2 Å². The second-order valence-corrected chi connectivity index (χ2v) is 6.21. The highest BCUT2D eigenvalue weighted by atomic mass is 32.2. The van der Waals surface area contributed by atoms with E-state index in [0.717, 1.165) is 16.8 Å². The third kappa shape index (κ3) is 4.17. The van der Waals surface area contributed by atoms with Crippen LogP contribution >= 0.6 is 0 Å². The van der Waals surface area contributed by atoms with E-state index in [1.54, 1.807) is 0 Å². The van der Waals surface area contributed by atoms with Crippen LogP contribution in [0.15, 0.2) is 52.3 Å². The molecule has 0 saturated carbocycles. The summed E-state index contributed by atoms with van der Waals surface area (Å²) in [6.07, 6.45) is -3.45. The number of nitrogens with one attached hydrogen (secondary N) is 1. The van der Waals surface area contributed by atoms with Crippen molar-refractivity contribution < 1.29 is 21.6 Å². The van der Waals surface area contributed by atoms with Gasteiger partial charge >= 0.3 is 6.18 Å². The Kier molecular flexibility index (Phi) is 4.85. The number of hydrogen-bond acceptors (Lipinski definition) is 4.